The maximum Gasteiger partial charge on any atom is 0.0438 e. The van der Waals surface area contributed by atoms with Crippen molar-refractivity contribution in [2.75, 3.05) is 0 Å². The predicted octanol–water partition coefficient (Wildman–Crippen LogP) is 5.81. The van der Waals surface area contributed by atoms with Gasteiger partial charge >= 0.3 is 0 Å². The highest BCUT2D eigenvalue weighted by Crippen LogP contribution is 2.43. The molecule has 1 fully saturated rings. The summed E-state index contributed by atoms with van der Waals surface area (Å²) < 4.78 is 0. The molecule has 1 aromatic carbocycles. The second-order valence-electron chi connectivity index (χ2n) is 7.96. The number of benzene rings is 1. The van der Waals surface area contributed by atoms with Crippen LogP contribution in [0.2, 0.25) is 5.02 Å². The van der Waals surface area contributed by atoms with Crippen molar-refractivity contribution in [1.29, 1.82) is 0 Å². The summed E-state index contributed by atoms with van der Waals surface area (Å²) in [6, 6.07) is 4.41. The van der Waals surface area contributed by atoms with Crippen LogP contribution in [0.15, 0.2) is 12.1 Å². The lowest BCUT2D eigenvalue weighted by atomic mass is 9.68. The predicted molar refractivity (Wildman–Crippen MR) is 92.8 cm³/mol. The van der Waals surface area contributed by atoms with Crippen molar-refractivity contribution < 1.29 is 0 Å². The average molecular weight is 308 g/mol. The minimum Gasteiger partial charge on any atom is -0.324 e. The zero-order chi connectivity index (χ0) is 15.8. The molecule has 1 atom stereocenters. The summed E-state index contributed by atoms with van der Waals surface area (Å²) in [5.41, 5.74) is 10.7. The van der Waals surface area contributed by atoms with E-state index in [9.17, 15) is 0 Å². The first kappa shape index (κ1) is 16.8. The molecular weight excluding hydrogens is 278 g/mol. The number of hydrogen-bond donors (Lipinski definition) is 1. The molecule has 2 heteroatoms. The van der Waals surface area contributed by atoms with Gasteiger partial charge in [0.15, 0.2) is 0 Å². The van der Waals surface area contributed by atoms with Gasteiger partial charge in [-0.25, -0.2) is 0 Å². The topological polar surface area (TPSA) is 26.0 Å². The van der Waals surface area contributed by atoms with E-state index in [1.54, 1.807) is 0 Å². The zero-order valence-electron chi connectivity index (χ0n) is 14.2. The molecule has 0 spiro atoms. The maximum atomic E-state index is 6.60. The number of hydrogen-bond acceptors (Lipinski definition) is 1. The average Bonchev–Trinajstić information content (AvgIpc) is 2.41. The molecule has 1 unspecified atom stereocenters. The zero-order valence-corrected chi connectivity index (χ0v) is 14.9. The van der Waals surface area contributed by atoms with E-state index in [1.807, 2.05) is 0 Å². The SMILES string of the molecule is Cc1cc(C(N)C2CCC(C(C)(C)C)CC2)c(C)cc1Cl. The number of nitrogens with two attached hydrogens (primary N) is 1. The Morgan fingerprint density at radius 3 is 2.14 bits per heavy atom. The first-order valence-corrected chi connectivity index (χ1v) is 8.60. The van der Waals surface area contributed by atoms with Crippen LogP contribution >= 0.6 is 11.6 Å². The van der Waals surface area contributed by atoms with Crippen LogP contribution in [-0.4, -0.2) is 0 Å². The highest BCUT2D eigenvalue weighted by atomic mass is 35.5. The number of rotatable bonds is 2. The monoisotopic (exact) mass is 307 g/mol. The van der Waals surface area contributed by atoms with Crippen molar-refractivity contribution >= 4 is 11.6 Å². The lowest BCUT2D eigenvalue weighted by molar-refractivity contribution is 0.139. The number of halogens is 1. The fourth-order valence-corrected chi connectivity index (χ4v) is 3.98. The van der Waals surface area contributed by atoms with Crippen molar-refractivity contribution in [2.24, 2.45) is 23.0 Å². The molecule has 1 aromatic rings. The minimum absolute atomic E-state index is 0.155. The lowest BCUT2D eigenvalue weighted by Crippen LogP contribution is -2.31. The van der Waals surface area contributed by atoms with E-state index < -0.39 is 0 Å². The molecule has 21 heavy (non-hydrogen) atoms. The van der Waals surface area contributed by atoms with Gasteiger partial charge < -0.3 is 5.73 Å². The van der Waals surface area contributed by atoms with Gasteiger partial charge in [0.2, 0.25) is 0 Å². The maximum absolute atomic E-state index is 6.60. The summed E-state index contributed by atoms with van der Waals surface area (Å²) in [7, 11) is 0. The molecule has 0 radical (unpaired) electrons. The van der Waals surface area contributed by atoms with Gasteiger partial charge in [0.25, 0.3) is 0 Å². The highest BCUT2D eigenvalue weighted by Gasteiger charge is 2.32. The fourth-order valence-electron chi connectivity index (χ4n) is 3.76. The molecule has 0 bridgehead atoms. The van der Waals surface area contributed by atoms with Crippen molar-refractivity contribution in [3.05, 3.63) is 33.8 Å². The van der Waals surface area contributed by atoms with Gasteiger partial charge in [0, 0.05) is 11.1 Å². The van der Waals surface area contributed by atoms with Crippen molar-refractivity contribution in [3.8, 4) is 0 Å². The second-order valence-corrected chi connectivity index (χ2v) is 8.37. The minimum atomic E-state index is 0.155. The van der Waals surface area contributed by atoms with Crippen LogP contribution in [0.4, 0.5) is 0 Å². The third kappa shape index (κ3) is 3.81. The molecule has 0 heterocycles. The van der Waals surface area contributed by atoms with E-state index >= 15 is 0 Å². The Labute approximate surface area is 135 Å². The molecule has 2 rings (SSSR count). The van der Waals surface area contributed by atoms with Crippen molar-refractivity contribution in [3.63, 3.8) is 0 Å². The van der Waals surface area contributed by atoms with Crippen LogP contribution in [0.5, 0.6) is 0 Å². The molecule has 0 amide bonds. The van der Waals surface area contributed by atoms with Crippen LogP contribution in [0.1, 0.15) is 69.2 Å². The fraction of sp³-hybridized carbons (Fsp3) is 0.684. The second kappa shape index (κ2) is 6.30. The Morgan fingerprint density at radius 2 is 1.62 bits per heavy atom. The van der Waals surface area contributed by atoms with E-state index in [-0.39, 0.29) is 6.04 Å². The summed E-state index contributed by atoms with van der Waals surface area (Å²) in [6.07, 6.45) is 5.13. The van der Waals surface area contributed by atoms with E-state index in [4.69, 9.17) is 17.3 Å². The lowest BCUT2D eigenvalue weighted by Gasteiger charge is -2.39. The smallest absolute Gasteiger partial charge is 0.0438 e. The first-order valence-electron chi connectivity index (χ1n) is 8.22. The Kier molecular flexibility index (Phi) is 5.05. The van der Waals surface area contributed by atoms with Gasteiger partial charge in [-0.15, -0.1) is 0 Å². The third-order valence-electron chi connectivity index (χ3n) is 5.41. The largest absolute Gasteiger partial charge is 0.324 e. The van der Waals surface area contributed by atoms with Gasteiger partial charge in [-0.2, -0.15) is 0 Å². The Morgan fingerprint density at radius 1 is 1.05 bits per heavy atom. The molecule has 1 nitrogen and oxygen atoms in total. The summed E-state index contributed by atoms with van der Waals surface area (Å²) in [5.74, 6) is 1.46. The van der Waals surface area contributed by atoms with E-state index in [1.165, 1.54) is 36.8 Å². The van der Waals surface area contributed by atoms with Crippen LogP contribution in [0, 0.1) is 31.1 Å². The van der Waals surface area contributed by atoms with E-state index in [0.717, 1.165) is 16.5 Å². The van der Waals surface area contributed by atoms with Crippen LogP contribution in [0.25, 0.3) is 0 Å². The van der Waals surface area contributed by atoms with Crippen LogP contribution in [-0.2, 0) is 0 Å². The van der Waals surface area contributed by atoms with Gasteiger partial charge in [-0.05, 0) is 79.5 Å². The van der Waals surface area contributed by atoms with Gasteiger partial charge in [-0.3, -0.25) is 0 Å². The Balaban J connectivity index is 2.09. The quantitative estimate of drug-likeness (QED) is 0.733. The van der Waals surface area contributed by atoms with E-state index in [0.29, 0.717) is 11.3 Å². The molecule has 1 saturated carbocycles. The van der Waals surface area contributed by atoms with Crippen molar-refractivity contribution in [2.45, 2.75) is 66.3 Å². The van der Waals surface area contributed by atoms with Gasteiger partial charge in [0.05, 0.1) is 0 Å². The highest BCUT2D eigenvalue weighted by molar-refractivity contribution is 6.31. The molecule has 1 aliphatic carbocycles. The molecular formula is C19H30ClN. The third-order valence-corrected chi connectivity index (χ3v) is 5.82. The van der Waals surface area contributed by atoms with Gasteiger partial charge in [-0.1, -0.05) is 38.4 Å². The van der Waals surface area contributed by atoms with Crippen LogP contribution in [0.3, 0.4) is 0 Å². The molecule has 0 saturated heterocycles. The van der Waals surface area contributed by atoms with Crippen molar-refractivity contribution in [1.82, 2.24) is 0 Å². The Bertz CT molecular complexity index is 493. The molecule has 1 aliphatic rings. The summed E-state index contributed by atoms with van der Waals surface area (Å²) >= 11 is 6.20. The Hall–Kier alpha value is -0.530. The molecule has 0 aromatic heterocycles. The molecule has 2 N–H and O–H groups in total. The molecule has 118 valence electrons. The van der Waals surface area contributed by atoms with E-state index in [2.05, 4.69) is 46.8 Å². The van der Waals surface area contributed by atoms with Gasteiger partial charge in [0.1, 0.15) is 0 Å². The first-order chi connectivity index (χ1) is 9.70. The summed E-state index contributed by atoms with van der Waals surface area (Å²) in [4.78, 5) is 0. The summed E-state index contributed by atoms with van der Waals surface area (Å²) in [5, 5.41) is 0.847. The van der Waals surface area contributed by atoms with Crippen LogP contribution < -0.4 is 5.73 Å². The standard InChI is InChI=1S/C19H30ClN/c1-12-11-17(20)13(2)10-16(12)18(21)14-6-8-15(9-7-14)19(3,4)5/h10-11,14-15,18H,6-9,21H2,1-5H3. The normalized spacial score (nSPS) is 24.9. The summed E-state index contributed by atoms with van der Waals surface area (Å²) in [6.45, 7) is 11.3. The molecule has 0 aliphatic heterocycles. The number of aryl methyl sites for hydroxylation is 2.